The van der Waals surface area contributed by atoms with Crippen molar-refractivity contribution in [3.63, 3.8) is 0 Å². The zero-order chi connectivity index (χ0) is 18.4. The molecule has 2 N–H and O–H groups in total. The molecule has 0 bridgehead atoms. The minimum atomic E-state index is -0.312. The maximum Gasteiger partial charge on any atom is 0.236 e. The first-order valence-corrected chi connectivity index (χ1v) is 10.3. The third-order valence-corrected chi connectivity index (χ3v) is 5.41. The number of benzene rings is 1. The first-order chi connectivity index (χ1) is 12.6. The fraction of sp³-hybridized carbons (Fsp3) is 0.125. The summed E-state index contributed by atoms with van der Waals surface area (Å²) in [4.78, 5) is 31.9. The first-order valence-electron chi connectivity index (χ1n) is 7.38. The number of rotatable bonds is 7. The first kappa shape index (κ1) is 18.5. The van der Waals surface area contributed by atoms with Crippen LogP contribution in [0, 0.1) is 5.82 Å². The highest BCUT2D eigenvalue weighted by Gasteiger charge is 2.10. The maximum absolute atomic E-state index is 13.0. The van der Waals surface area contributed by atoms with Crippen LogP contribution < -0.4 is 10.6 Å². The van der Waals surface area contributed by atoms with Crippen molar-refractivity contribution in [1.82, 2.24) is 9.97 Å². The fourth-order valence-corrected chi connectivity index (χ4v) is 3.81. The number of thioether (sulfide) groups is 1. The van der Waals surface area contributed by atoms with Gasteiger partial charge in [-0.25, -0.2) is 14.4 Å². The Balaban J connectivity index is 1.43. The van der Waals surface area contributed by atoms with Crippen LogP contribution >= 0.6 is 34.4 Å². The third kappa shape index (κ3) is 5.35. The molecule has 0 aliphatic carbocycles. The third-order valence-electron chi connectivity index (χ3n) is 3.04. The Morgan fingerprint density at radius 2 is 1.73 bits per heavy atom. The van der Waals surface area contributed by atoms with Gasteiger partial charge in [0.1, 0.15) is 5.82 Å². The molecule has 26 heavy (non-hydrogen) atoms. The second kappa shape index (κ2) is 8.88. The van der Waals surface area contributed by atoms with Gasteiger partial charge in [0.25, 0.3) is 0 Å². The highest BCUT2D eigenvalue weighted by atomic mass is 32.2. The Bertz CT molecular complexity index is 881. The van der Waals surface area contributed by atoms with Crippen molar-refractivity contribution in [3.8, 4) is 11.3 Å². The Morgan fingerprint density at radius 1 is 1.04 bits per heavy atom. The largest absolute Gasteiger partial charge is 0.301 e. The normalized spacial score (nSPS) is 10.5. The van der Waals surface area contributed by atoms with E-state index in [1.54, 1.807) is 29.1 Å². The molecule has 134 valence electrons. The van der Waals surface area contributed by atoms with Crippen LogP contribution in [0.5, 0.6) is 0 Å². The van der Waals surface area contributed by atoms with E-state index in [1.165, 1.54) is 46.6 Å². The van der Waals surface area contributed by atoms with Crippen LogP contribution in [0.25, 0.3) is 11.3 Å². The highest BCUT2D eigenvalue weighted by Crippen LogP contribution is 2.25. The smallest absolute Gasteiger partial charge is 0.236 e. The molecule has 2 aromatic heterocycles. The lowest BCUT2D eigenvalue weighted by molar-refractivity contribution is -0.114. The molecule has 0 saturated carbocycles. The average molecular weight is 409 g/mol. The molecular weight excluding hydrogens is 395 g/mol. The van der Waals surface area contributed by atoms with Gasteiger partial charge in [-0.3, -0.25) is 9.59 Å². The number of nitrogens with one attached hydrogen (secondary N) is 2. The summed E-state index contributed by atoms with van der Waals surface area (Å²) in [5, 5.41) is 9.90. The quantitative estimate of drug-likeness (QED) is 0.623. The van der Waals surface area contributed by atoms with Gasteiger partial charge in [0.2, 0.25) is 11.8 Å². The molecule has 6 nitrogen and oxygen atoms in total. The minimum Gasteiger partial charge on any atom is -0.301 e. The lowest BCUT2D eigenvalue weighted by Crippen LogP contribution is -2.18. The molecule has 2 heterocycles. The summed E-state index contributed by atoms with van der Waals surface area (Å²) in [6.45, 7) is 0. The van der Waals surface area contributed by atoms with E-state index in [4.69, 9.17) is 0 Å². The summed E-state index contributed by atoms with van der Waals surface area (Å²) in [6, 6.07) is 5.99. The second-order valence-corrected chi connectivity index (χ2v) is 7.71. The van der Waals surface area contributed by atoms with Crippen LogP contribution in [0.4, 0.5) is 14.7 Å². The number of amides is 2. The Kier molecular flexibility index (Phi) is 6.31. The van der Waals surface area contributed by atoms with Crippen molar-refractivity contribution >= 4 is 56.5 Å². The molecule has 0 spiro atoms. The number of thiazole rings is 2. The van der Waals surface area contributed by atoms with E-state index in [0.717, 1.165) is 5.56 Å². The topological polar surface area (TPSA) is 84.0 Å². The van der Waals surface area contributed by atoms with Crippen molar-refractivity contribution < 1.29 is 14.0 Å². The zero-order valence-corrected chi connectivity index (χ0v) is 15.7. The van der Waals surface area contributed by atoms with Crippen molar-refractivity contribution in [2.45, 2.75) is 0 Å². The van der Waals surface area contributed by atoms with Gasteiger partial charge in [0.05, 0.1) is 17.2 Å². The predicted molar refractivity (Wildman–Crippen MR) is 104 cm³/mol. The summed E-state index contributed by atoms with van der Waals surface area (Å²) < 4.78 is 13.0. The maximum atomic E-state index is 13.0. The summed E-state index contributed by atoms with van der Waals surface area (Å²) in [6.07, 6.45) is 1.61. The SMILES string of the molecule is O=C(CSCC(=O)Nc1nc(-c2ccc(F)cc2)cs1)Nc1nccs1. The number of halogens is 1. The van der Waals surface area contributed by atoms with E-state index >= 15 is 0 Å². The van der Waals surface area contributed by atoms with Crippen LogP contribution in [0.15, 0.2) is 41.2 Å². The average Bonchev–Trinajstić information content (AvgIpc) is 3.27. The molecule has 3 rings (SSSR count). The van der Waals surface area contributed by atoms with Crippen LogP contribution in [-0.4, -0.2) is 33.3 Å². The highest BCUT2D eigenvalue weighted by molar-refractivity contribution is 8.00. The summed E-state index contributed by atoms with van der Waals surface area (Å²) in [5.74, 6) is -0.460. The molecule has 2 amide bonds. The van der Waals surface area contributed by atoms with Gasteiger partial charge in [-0.05, 0) is 24.3 Å². The van der Waals surface area contributed by atoms with Crippen LogP contribution in [0.2, 0.25) is 0 Å². The lowest BCUT2D eigenvalue weighted by atomic mass is 10.2. The molecule has 0 fully saturated rings. The Labute approximate surface area is 160 Å². The molecule has 0 saturated heterocycles. The van der Waals surface area contributed by atoms with Crippen LogP contribution in [0.3, 0.4) is 0 Å². The van der Waals surface area contributed by atoms with Gasteiger partial charge in [-0.1, -0.05) is 0 Å². The number of hydrogen-bond donors (Lipinski definition) is 2. The number of aromatic nitrogens is 2. The monoisotopic (exact) mass is 408 g/mol. The molecular formula is C16H13FN4O2S3. The van der Waals surface area contributed by atoms with Crippen molar-refractivity contribution in [2.24, 2.45) is 0 Å². The van der Waals surface area contributed by atoms with E-state index in [9.17, 15) is 14.0 Å². The summed E-state index contributed by atoms with van der Waals surface area (Å²) in [7, 11) is 0. The van der Waals surface area contributed by atoms with Gasteiger partial charge in [-0.2, -0.15) is 0 Å². The zero-order valence-electron chi connectivity index (χ0n) is 13.3. The Morgan fingerprint density at radius 3 is 2.38 bits per heavy atom. The van der Waals surface area contributed by atoms with E-state index in [2.05, 4.69) is 20.6 Å². The molecule has 0 aliphatic heterocycles. The molecule has 10 heteroatoms. The van der Waals surface area contributed by atoms with E-state index in [0.29, 0.717) is 16.0 Å². The molecule has 0 aliphatic rings. The predicted octanol–water partition coefficient (Wildman–Crippen LogP) is 3.72. The standard InChI is InChI=1S/C16H13FN4O2S3/c17-11-3-1-10(2-4-11)12-7-26-16(19-12)21-14(23)9-24-8-13(22)20-15-18-5-6-25-15/h1-7H,8-9H2,(H,18,20,22)(H,19,21,23). The van der Waals surface area contributed by atoms with E-state index in [-0.39, 0.29) is 29.1 Å². The van der Waals surface area contributed by atoms with Crippen molar-refractivity contribution in [1.29, 1.82) is 0 Å². The number of carbonyl (C=O) groups is 2. The number of hydrogen-bond acceptors (Lipinski definition) is 7. The summed E-state index contributed by atoms with van der Waals surface area (Å²) in [5.41, 5.74) is 1.44. The molecule has 1 aromatic carbocycles. The Hall–Kier alpha value is -2.30. The van der Waals surface area contributed by atoms with Gasteiger partial charge in [0, 0.05) is 22.5 Å². The number of nitrogens with zero attached hydrogens (tertiary/aromatic N) is 2. The summed E-state index contributed by atoms with van der Waals surface area (Å²) >= 11 is 3.83. The molecule has 0 radical (unpaired) electrons. The van der Waals surface area contributed by atoms with Crippen molar-refractivity contribution in [2.75, 3.05) is 22.1 Å². The number of anilines is 2. The molecule has 0 atom stereocenters. The van der Waals surface area contributed by atoms with Gasteiger partial charge in [0.15, 0.2) is 10.3 Å². The number of carbonyl (C=O) groups excluding carboxylic acids is 2. The molecule has 0 unspecified atom stereocenters. The van der Waals surface area contributed by atoms with Crippen molar-refractivity contribution in [3.05, 3.63) is 47.0 Å². The van der Waals surface area contributed by atoms with E-state index < -0.39 is 0 Å². The van der Waals surface area contributed by atoms with Gasteiger partial charge >= 0.3 is 0 Å². The van der Waals surface area contributed by atoms with Gasteiger partial charge in [-0.15, -0.1) is 34.4 Å². The van der Waals surface area contributed by atoms with Crippen LogP contribution in [0.1, 0.15) is 0 Å². The van der Waals surface area contributed by atoms with E-state index in [1.807, 2.05) is 0 Å². The van der Waals surface area contributed by atoms with Crippen LogP contribution in [-0.2, 0) is 9.59 Å². The molecule has 3 aromatic rings. The fourth-order valence-electron chi connectivity index (χ4n) is 1.92. The second-order valence-electron chi connectivity index (χ2n) is 4.97. The van der Waals surface area contributed by atoms with Gasteiger partial charge < -0.3 is 10.6 Å². The lowest BCUT2D eigenvalue weighted by Gasteiger charge is -2.02. The minimum absolute atomic E-state index is 0.136.